The average molecular weight is 472 g/mol. The number of carbonyl (C=O) groups excluding carboxylic acids is 2. The van der Waals surface area contributed by atoms with Gasteiger partial charge in [0.05, 0.1) is 24.3 Å². The summed E-state index contributed by atoms with van der Waals surface area (Å²) in [4.78, 5) is 32.2. The number of hydrogen-bond donors (Lipinski definition) is 1. The van der Waals surface area contributed by atoms with Crippen LogP contribution in [0.4, 0.5) is 0 Å². The quantitative estimate of drug-likeness (QED) is 0.446. The maximum Gasteiger partial charge on any atom is 0.272 e. The molecule has 0 bridgehead atoms. The number of fused-ring (bicyclic) bond motifs is 1. The molecule has 0 saturated carbocycles. The Morgan fingerprint density at radius 1 is 1.06 bits per heavy atom. The molecule has 1 aliphatic rings. The Labute approximate surface area is 202 Å². The molecule has 1 N–H and O–H groups in total. The Kier molecular flexibility index (Phi) is 6.49. The molecule has 4 aromatic rings. The average Bonchev–Trinajstić information content (AvgIpc) is 3.55. The summed E-state index contributed by atoms with van der Waals surface area (Å²) in [6.07, 6.45) is 3.19. The lowest BCUT2D eigenvalue weighted by molar-refractivity contribution is 0.0731. The minimum Gasteiger partial charge on any atom is -0.345 e. The van der Waals surface area contributed by atoms with Gasteiger partial charge in [0.2, 0.25) is 0 Å². The van der Waals surface area contributed by atoms with Crippen molar-refractivity contribution in [2.24, 2.45) is 0 Å². The number of nitrogens with zero attached hydrogens (tertiary/aromatic N) is 4. The molecule has 7 nitrogen and oxygen atoms in total. The van der Waals surface area contributed by atoms with E-state index in [0.29, 0.717) is 43.9 Å². The normalized spacial score (nSPS) is 12.9. The number of pyridine rings is 1. The number of thiophene rings is 1. The van der Waals surface area contributed by atoms with E-state index in [1.54, 1.807) is 6.20 Å². The highest BCUT2D eigenvalue weighted by molar-refractivity contribution is 7.08. The van der Waals surface area contributed by atoms with Crippen molar-refractivity contribution in [3.8, 4) is 0 Å². The summed E-state index contributed by atoms with van der Waals surface area (Å²) in [6, 6.07) is 17.7. The molecule has 0 spiro atoms. The summed E-state index contributed by atoms with van der Waals surface area (Å²) in [5.41, 5.74) is 4.95. The molecule has 0 radical (unpaired) electrons. The number of aryl methyl sites for hydroxylation is 2. The highest BCUT2D eigenvalue weighted by atomic mass is 32.1. The monoisotopic (exact) mass is 471 g/mol. The summed E-state index contributed by atoms with van der Waals surface area (Å²) in [7, 11) is 0. The van der Waals surface area contributed by atoms with E-state index in [0.717, 1.165) is 23.4 Å². The van der Waals surface area contributed by atoms with Crippen LogP contribution in [0.25, 0.3) is 0 Å². The van der Waals surface area contributed by atoms with Gasteiger partial charge in [0.25, 0.3) is 11.8 Å². The van der Waals surface area contributed by atoms with Crippen molar-refractivity contribution in [3.05, 3.63) is 105 Å². The van der Waals surface area contributed by atoms with E-state index < -0.39 is 0 Å². The Balaban J connectivity index is 1.39. The zero-order valence-electron chi connectivity index (χ0n) is 18.7. The lowest BCUT2D eigenvalue weighted by Gasteiger charge is -2.27. The van der Waals surface area contributed by atoms with Gasteiger partial charge >= 0.3 is 0 Å². The standard InChI is InChI=1S/C26H25N5O2S/c32-25(28-16-21-8-4-5-12-27-21)24-22-17-30(26(33)20-11-15-34-18-20)13-10-23(22)31(29-24)14-9-19-6-2-1-3-7-19/h1-8,11-12,15,18H,9-10,13-14,16-17H2,(H,28,32). The van der Waals surface area contributed by atoms with Crippen molar-refractivity contribution < 1.29 is 9.59 Å². The van der Waals surface area contributed by atoms with E-state index >= 15 is 0 Å². The summed E-state index contributed by atoms with van der Waals surface area (Å²) in [5, 5.41) is 11.4. The largest absolute Gasteiger partial charge is 0.345 e. The van der Waals surface area contributed by atoms with E-state index in [-0.39, 0.29) is 11.8 Å². The van der Waals surface area contributed by atoms with Gasteiger partial charge in [-0.15, -0.1) is 0 Å². The van der Waals surface area contributed by atoms with Crippen LogP contribution >= 0.6 is 11.3 Å². The fourth-order valence-electron chi connectivity index (χ4n) is 4.24. The van der Waals surface area contributed by atoms with Crippen molar-refractivity contribution in [2.45, 2.75) is 32.5 Å². The van der Waals surface area contributed by atoms with Crippen LogP contribution in [0.15, 0.2) is 71.6 Å². The first-order valence-electron chi connectivity index (χ1n) is 11.3. The smallest absolute Gasteiger partial charge is 0.272 e. The fraction of sp³-hybridized carbons (Fsp3) is 0.231. The molecule has 1 aromatic carbocycles. The lowest BCUT2D eigenvalue weighted by Crippen LogP contribution is -2.37. The van der Waals surface area contributed by atoms with Crippen molar-refractivity contribution >= 4 is 23.2 Å². The maximum atomic E-state index is 13.2. The Bertz CT molecular complexity index is 1270. The molecule has 0 aliphatic carbocycles. The van der Waals surface area contributed by atoms with Crippen LogP contribution in [0.3, 0.4) is 0 Å². The zero-order valence-corrected chi connectivity index (χ0v) is 19.5. The minimum atomic E-state index is -0.245. The van der Waals surface area contributed by atoms with Gasteiger partial charge < -0.3 is 10.2 Å². The van der Waals surface area contributed by atoms with Crippen LogP contribution in [0.5, 0.6) is 0 Å². The molecular weight excluding hydrogens is 446 g/mol. The minimum absolute atomic E-state index is 0.0104. The van der Waals surface area contributed by atoms with Crippen LogP contribution < -0.4 is 5.32 Å². The third kappa shape index (κ3) is 4.77. The van der Waals surface area contributed by atoms with Gasteiger partial charge in [0, 0.05) is 42.3 Å². The van der Waals surface area contributed by atoms with Gasteiger partial charge in [-0.05, 0) is 35.6 Å². The molecule has 0 unspecified atom stereocenters. The van der Waals surface area contributed by atoms with Gasteiger partial charge in [0.1, 0.15) is 0 Å². The van der Waals surface area contributed by atoms with Crippen molar-refractivity contribution in [1.82, 2.24) is 25.0 Å². The molecule has 172 valence electrons. The fourth-order valence-corrected chi connectivity index (χ4v) is 4.87. The Morgan fingerprint density at radius 2 is 1.91 bits per heavy atom. The van der Waals surface area contributed by atoms with Gasteiger partial charge in [-0.3, -0.25) is 19.3 Å². The SMILES string of the molecule is O=C(NCc1ccccn1)c1nn(CCc2ccccc2)c2c1CN(C(=O)c1ccsc1)CC2. The highest BCUT2D eigenvalue weighted by Gasteiger charge is 2.30. The number of hydrogen-bond acceptors (Lipinski definition) is 5. The van der Waals surface area contributed by atoms with E-state index in [1.165, 1.54) is 16.9 Å². The second-order valence-corrected chi connectivity index (χ2v) is 9.01. The summed E-state index contributed by atoms with van der Waals surface area (Å²) < 4.78 is 1.95. The molecule has 8 heteroatoms. The Morgan fingerprint density at radius 3 is 2.68 bits per heavy atom. The molecule has 5 rings (SSSR count). The predicted octanol–water partition coefficient (Wildman–Crippen LogP) is 3.71. The third-order valence-electron chi connectivity index (χ3n) is 6.02. The molecule has 0 atom stereocenters. The molecule has 0 fully saturated rings. The maximum absolute atomic E-state index is 13.2. The molecule has 1 aliphatic heterocycles. The zero-order chi connectivity index (χ0) is 23.3. The highest BCUT2D eigenvalue weighted by Crippen LogP contribution is 2.25. The van der Waals surface area contributed by atoms with E-state index in [1.807, 2.05) is 62.8 Å². The topological polar surface area (TPSA) is 80.1 Å². The molecule has 4 heterocycles. The summed E-state index contributed by atoms with van der Waals surface area (Å²) in [6.45, 7) is 1.98. The van der Waals surface area contributed by atoms with Crippen molar-refractivity contribution in [2.75, 3.05) is 6.54 Å². The number of nitrogens with one attached hydrogen (secondary N) is 1. The number of carbonyl (C=O) groups is 2. The number of aromatic nitrogens is 3. The lowest BCUT2D eigenvalue weighted by atomic mass is 10.0. The second-order valence-electron chi connectivity index (χ2n) is 8.23. The first kappa shape index (κ1) is 22.0. The molecule has 2 amide bonds. The second kappa shape index (κ2) is 10.0. The van der Waals surface area contributed by atoms with E-state index in [9.17, 15) is 9.59 Å². The molecular formula is C26H25N5O2S. The molecule has 0 saturated heterocycles. The van der Waals surface area contributed by atoms with Crippen LogP contribution in [0.1, 0.15) is 43.4 Å². The van der Waals surface area contributed by atoms with Crippen LogP contribution in [-0.2, 0) is 32.5 Å². The van der Waals surface area contributed by atoms with Crippen molar-refractivity contribution in [3.63, 3.8) is 0 Å². The van der Waals surface area contributed by atoms with Crippen LogP contribution in [-0.4, -0.2) is 38.0 Å². The van der Waals surface area contributed by atoms with Gasteiger partial charge in [-0.1, -0.05) is 36.4 Å². The first-order chi connectivity index (χ1) is 16.7. The first-order valence-corrected chi connectivity index (χ1v) is 12.3. The third-order valence-corrected chi connectivity index (χ3v) is 6.70. The van der Waals surface area contributed by atoms with E-state index in [2.05, 4.69) is 22.4 Å². The number of benzene rings is 1. The molecule has 34 heavy (non-hydrogen) atoms. The molecule has 3 aromatic heterocycles. The van der Waals surface area contributed by atoms with E-state index in [4.69, 9.17) is 5.10 Å². The van der Waals surface area contributed by atoms with Crippen LogP contribution in [0.2, 0.25) is 0 Å². The summed E-state index contributed by atoms with van der Waals surface area (Å²) >= 11 is 1.50. The number of rotatable bonds is 7. The predicted molar refractivity (Wildman–Crippen MR) is 131 cm³/mol. The van der Waals surface area contributed by atoms with Gasteiger partial charge in [-0.25, -0.2) is 0 Å². The van der Waals surface area contributed by atoms with Crippen molar-refractivity contribution in [1.29, 1.82) is 0 Å². The van der Waals surface area contributed by atoms with Gasteiger partial charge in [0.15, 0.2) is 5.69 Å². The van der Waals surface area contributed by atoms with Gasteiger partial charge in [-0.2, -0.15) is 16.4 Å². The summed E-state index contributed by atoms with van der Waals surface area (Å²) in [5.74, 6) is -0.256. The Hall–Kier alpha value is -3.78. The van der Waals surface area contributed by atoms with Crippen LogP contribution in [0, 0.1) is 0 Å². The number of amides is 2.